The number of nitrogens with zero attached hydrogens (tertiary/aromatic N) is 1. The number of piperidine rings is 1. The lowest BCUT2D eigenvalue weighted by Gasteiger charge is -2.41. The Kier molecular flexibility index (Phi) is 9.82. The van der Waals surface area contributed by atoms with E-state index >= 15 is 0 Å². The normalized spacial score (nSPS) is 27.7. The maximum Gasteiger partial charge on any atom is 0.315 e. The van der Waals surface area contributed by atoms with Crippen LogP contribution in [0.25, 0.3) is 0 Å². The number of carbonyl (C=O) groups is 5. The van der Waals surface area contributed by atoms with Crippen molar-refractivity contribution in [2.75, 3.05) is 12.3 Å². The fourth-order valence-electron chi connectivity index (χ4n) is 9.13. The summed E-state index contributed by atoms with van der Waals surface area (Å²) in [6.45, 7) is 10.9. The van der Waals surface area contributed by atoms with E-state index in [1.807, 2.05) is 20.8 Å². The predicted octanol–water partition coefficient (Wildman–Crippen LogP) is 2.97. The first-order chi connectivity index (χ1) is 22.2. The number of carbonyl (C=O) groups excluding carboxylic acids is 5. The summed E-state index contributed by atoms with van der Waals surface area (Å²) in [5.41, 5.74) is 3.66. The number of sulfone groups is 1. The maximum atomic E-state index is 14.5. The molecule has 0 aromatic carbocycles. The Balaban J connectivity index is 1.38. The van der Waals surface area contributed by atoms with E-state index in [0.717, 1.165) is 51.4 Å². The van der Waals surface area contributed by atoms with E-state index in [-0.39, 0.29) is 34.8 Å². The highest BCUT2D eigenvalue weighted by Gasteiger charge is 2.74. The average Bonchev–Trinajstić information content (AvgIpc) is 3.26. The number of nitrogens with two attached hydrogens (primary N) is 1. The number of primary amides is 1. The Morgan fingerprint density at radius 1 is 0.854 bits per heavy atom. The van der Waals surface area contributed by atoms with Crippen LogP contribution in [0.1, 0.15) is 119 Å². The number of nitrogens with one attached hydrogen (secondary N) is 3. The van der Waals surface area contributed by atoms with Crippen molar-refractivity contribution in [2.45, 2.75) is 147 Å². The Morgan fingerprint density at radius 3 is 1.94 bits per heavy atom. The summed E-state index contributed by atoms with van der Waals surface area (Å²) in [7, 11) is -3.56. The highest BCUT2D eigenvalue weighted by molar-refractivity contribution is 7.92. The first-order valence-corrected chi connectivity index (χ1v) is 19.6. The zero-order chi connectivity index (χ0) is 35.4. The molecule has 12 nitrogen and oxygen atoms in total. The van der Waals surface area contributed by atoms with Gasteiger partial charge in [-0.1, -0.05) is 59.3 Å². The number of urea groups is 1. The molecule has 1 heterocycles. The van der Waals surface area contributed by atoms with Gasteiger partial charge in [0.1, 0.15) is 18.1 Å². The molecule has 5 N–H and O–H groups in total. The number of hydrogen-bond acceptors (Lipinski definition) is 7. The molecule has 0 radical (unpaired) electrons. The second-order valence-electron chi connectivity index (χ2n) is 17.5. The van der Waals surface area contributed by atoms with Crippen LogP contribution in [0, 0.1) is 28.6 Å². The second-order valence-corrected chi connectivity index (χ2v) is 20.3. The molecule has 0 bridgehead atoms. The van der Waals surface area contributed by atoms with Gasteiger partial charge in [0.05, 0.1) is 16.0 Å². The van der Waals surface area contributed by atoms with E-state index in [4.69, 9.17) is 5.73 Å². The van der Waals surface area contributed by atoms with E-state index in [1.54, 1.807) is 25.7 Å². The number of rotatable bonds is 10. The zero-order valence-corrected chi connectivity index (χ0v) is 30.5. The standard InChI is InChI=1S/C35H57N5O7S/c1-32(2,3)27(38-31(45)39-34(15-8-7-9-16-34)20-48(46,47)33(4,5)6)30(44)40-19-22-23(35(22)17-10-11-18-35)25(40)29(43)37-24(21-13-12-14-21)26(41)28(36)42/h21-25,27H,7-20H2,1-6H3,(H2,36,42)(H,37,43)(H2,38,39,45)/t22-,23-,24?,25-,27+/m0/s1. The monoisotopic (exact) mass is 691 g/mol. The Bertz CT molecular complexity index is 1410. The number of fused-ring (bicyclic) bond motifs is 3. The molecule has 4 saturated carbocycles. The highest BCUT2D eigenvalue weighted by atomic mass is 32.2. The predicted molar refractivity (Wildman–Crippen MR) is 181 cm³/mol. The molecule has 13 heteroatoms. The molecule has 48 heavy (non-hydrogen) atoms. The molecule has 5 atom stereocenters. The van der Waals surface area contributed by atoms with Gasteiger partial charge in [0.15, 0.2) is 9.84 Å². The highest BCUT2D eigenvalue weighted by Crippen LogP contribution is 2.72. The van der Waals surface area contributed by atoms with Crippen molar-refractivity contribution in [1.82, 2.24) is 20.9 Å². The van der Waals surface area contributed by atoms with Gasteiger partial charge in [-0.25, -0.2) is 13.2 Å². The minimum atomic E-state index is -3.56. The lowest BCUT2D eigenvalue weighted by molar-refractivity contribution is -0.145. The molecule has 1 aliphatic heterocycles. The van der Waals surface area contributed by atoms with Crippen LogP contribution in [0.4, 0.5) is 4.79 Å². The van der Waals surface area contributed by atoms with Crippen LogP contribution in [-0.4, -0.2) is 83.6 Å². The molecule has 5 aliphatic rings. The number of amides is 5. The summed E-state index contributed by atoms with van der Waals surface area (Å²) in [6, 6.07) is -3.47. The van der Waals surface area contributed by atoms with Gasteiger partial charge in [-0.3, -0.25) is 19.2 Å². The Labute approximate surface area is 285 Å². The molecular formula is C35H57N5O7S. The van der Waals surface area contributed by atoms with Crippen LogP contribution in [0.3, 0.4) is 0 Å². The van der Waals surface area contributed by atoms with Crippen molar-refractivity contribution in [3.63, 3.8) is 0 Å². The van der Waals surface area contributed by atoms with Crippen LogP contribution < -0.4 is 21.7 Å². The van der Waals surface area contributed by atoms with Crippen molar-refractivity contribution in [1.29, 1.82) is 0 Å². The summed E-state index contributed by atoms with van der Waals surface area (Å²) in [4.78, 5) is 68.8. The summed E-state index contributed by atoms with van der Waals surface area (Å²) in [5.74, 6) is -3.00. The quantitative estimate of drug-likeness (QED) is 0.254. The fourth-order valence-corrected chi connectivity index (χ4v) is 10.7. The molecule has 5 fully saturated rings. The van der Waals surface area contributed by atoms with Gasteiger partial charge in [0.2, 0.25) is 17.6 Å². The van der Waals surface area contributed by atoms with Crippen molar-refractivity contribution in [3.8, 4) is 0 Å². The van der Waals surface area contributed by atoms with E-state index in [9.17, 15) is 32.4 Å². The summed E-state index contributed by atoms with van der Waals surface area (Å²) in [5, 5.41) is 8.78. The van der Waals surface area contributed by atoms with Gasteiger partial charge >= 0.3 is 6.03 Å². The molecule has 0 aromatic heterocycles. The average molecular weight is 692 g/mol. The molecule has 270 valence electrons. The van der Waals surface area contributed by atoms with Crippen LogP contribution in [0.15, 0.2) is 0 Å². The van der Waals surface area contributed by atoms with Gasteiger partial charge in [0.25, 0.3) is 5.91 Å². The van der Waals surface area contributed by atoms with Crippen molar-refractivity contribution in [3.05, 3.63) is 0 Å². The summed E-state index contributed by atoms with van der Waals surface area (Å²) >= 11 is 0. The molecule has 1 unspecified atom stereocenters. The number of Topliss-reactive ketones (excluding diaryl/α,β-unsaturated/α-hetero) is 1. The zero-order valence-electron chi connectivity index (χ0n) is 29.7. The van der Waals surface area contributed by atoms with Crippen LogP contribution in [0.5, 0.6) is 0 Å². The van der Waals surface area contributed by atoms with Crippen LogP contribution in [-0.2, 0) is 29.0 Å². The molecule has 1 saturated heterocycles. The molecular weight excluding hydrogens is 634 g/mol. The van der Waals surface area contributed by atoms with Gasteiger partial charge in [-0.05, 0) is 87.9 Å². The lowest BCUT2D eigenvalue weighted by Crippen LogP contribution is -2.64. The van der Waals surface area contributed by atoms with Gasteiger partial charge in [0, 0.05) is 6.54 Å². The largest absolute Gasteiger partial charge is 0.363 e. The van der Waals surface area contributed by atoms with Gasteiger partial charge in [-0.2, -0.15) is 0 Å². The first-order valence-electron chi connectivity index (χ1n) is 18.0. The van der Waals surface area contributed by atoms with Crippen LogP contribution >= 0.6 is 0 Å². The topological polar surface area (TPSA) is 185 Å². The maximum absolute atomic E-state index is 14.5. The van der Waals surface area contributed by atoms with Gasteiger partial charge < -0.3 is 26.6 Å². The molecule has 5 amide bonds. The smallest absolute Gasteiger partial charge is 0.315 e. The Hall–Kier alpha value is -2.70. The van der Waals surface area contributed by atoms with Gasteiger partial charge in [-0.15, -0.1) is 0 Å². The van der Waals surface area contributed by atoms with E-state index in [2.05, 4.69) is 16.0 Å². The minimum Gasteiger partial charge on any atom is -0.363 e. The summed E-state index contributed by atoms with van der Waals surface area (Å²) < 4.78 is 25.6. The van der Waals surface area contributed by atoms with Crippen molar-refractivity contribution >= 4 is 39.4 Å². The SMILES string of the molecule is CC(C)(C)[C@H](NC(=O)NC1(CS(=O)(=O)C(C)(C)C)CCCCC1)C(=O)N1C[C@H]2[C@@H]([C@H]1C(=O)NC(C(=O)C(N)=O)C1CCC1)C21CCCC1. The Morgan fingerprint density at radius 2 is 1.44 bits per heavy atom. The number of likely N-dealkylation sites (tertiary alicyclic amines) is 1. The third-order valence-corrected chi connectivity index (χ3v) is 15.1. The molecule has 0 aromatic rings. The third-order valence-electron chi connectivity index (χ3n) is 12.3. The van der Waals surface area contributed by atoms with Crippen molar-refractivity contribution in [2.24, 2.45) is 34.3 Å². The summed E-state index contributed by atoms with van der Waals surface area (Å²) in [6.07, 6.45) is 10.0. The molecule has 4 aliphatic carbocycles. The van der Waals surface area contributed by atoms with E-state index in [1.165, 1.54) is 0 Å². The van der Waals surface area contributed by atoms with Crippen molar-refractivity contribution < 1.29 is 32.4 Å². The number of hydrogen-bond donors (Lipinski definition) is 4. The van der Waals surface area contributed by atoms with E-state index in [0.29, 0.717) is 32.2 Å². The second kappa shape index (κ2) is 12.9. The fraction of sp³-hybridized carbons (Fsp3) is 0.857. The molecule has 5 rings (SSSR count). The minimum absolute atomic E-state index is 0.00755. The lowest BCUT2D eigenvalue weighted by atomic mass is 9.78. The third kappa shape index (κ3) is 6.86. The van der Waals surface area contributed by atoms with E-state index < -0.39 is 67.3 Å². The number of ketones is 1. The first kappa shape index (κ1) is 36.6. The van der Waals surface area contributed by atoms with Crippen LogP contribution in [0.2, 0.25) is 0 Å². The molecule has 1 spiro atoms.